The van der Waals surface area contributed by atoms with E-state index in [0.29, 0.717) is 5.02 Å². The number of nitrogens with two attached hydrogens (primary N) is 1. The Labute approximate surface area is 117 Å². The minimum absolute atomic E-state index is 0.0805. The third-order valence-corrected chi connectivity index (χ3v) is 2.82. The Balaban J connectivity index is 2.67. The Hall–Kier alpha value is -1.75. The van der Waals surface area contributed by atoms with Crippen molar-refractivity contribution in [3.05, 3.63) is 28.8 Å². The highest BCUT2D eigenvalue weighted by molar-refractivity contribution is 6.31. The maximum atomic E-state index is 11.6. The highest BCUT2D eigenvalue weighted by Gasteiger charge is 2.12. The molecule has 5 nitrogen and oxygen atoms in total. The van der Waals surface area contributed by atoms with Gasteiger partial charge in [-0.1, -0.05) is 18.5 Å². The van der Waals surface area contributed by atoms with E-state index < -0.39 is 5.91 Å². The molecule has 104 valence electrons. The van der Waals surface area contributed by atoms with Crippen molar-refractivity contribution in [1.29, 1.82) is 0 Å². The van der Waals surface area contributed by atoms with Crippen LogP contribution in [0.5, 0.6) is 5.75 Å². The van der Waals surface area contributed by atoms with Gasteiger partial charge in [-0.2, -0.15) is 0 Å². The first kappa shape index (κ1) is 15.3. The van der Waals surface area contributed by atoms with Crippen LogP contribution in [0.25, 0.3) is 0 Å². The third kappa shape index (κ3) is 4.79. The van der Waals surface area contributed by atoms with Crippen molar-refractivity contribution in [2.24, 2.45) is 5.73 Å². The van der Waals surface area contributed by atoms with E-state index in [-0.39, 0.29) is 29.9 Å². The van der Waals surface area contributed by atoms with Gasteiger partial charge in [-0.3, -0.25) is 9.59 Å². The topological polar surface area (TPSA) is 81.4 Å². The molecular formula is C13H17ClN2O3. The standard InChI is InChI=1S/C13H17ClN2O3/c1-3-8(2)16-12(17)7-19-11-5-4-9(14)6-10(11)13(15)18/h4-6,8H,3,7H2,1-2H3,(H2,15,18)(H,16,17). The Kier molecular flexibility index (Phi) is 5.63. The number of rotatable bonds is 6. The first-order valence-electron chi connectivity index (χ1n) is 5.95. The lowest BCUT2D eigenvalue weighted by atomic mass is 10.2. The molecule has 1 aromatic rings. The first-order valence-corrected chi connectivity index (χ1v) is 6.33. The van der Waals surface area contributed by atoms with Crippen LogP contribution in [-0.2, 0) is 4.79 Å². The molecule has 0 radical (unpaired) electrons. The van der Waals surface area contributed by atoms with Crippen LogP contribution >= 0.6 is 11.6 Å². The summed E-state index contributed by atoms with van der Waals surface area (Å²) >= 11 is 5.77. The number of ether oxygens (including phenoxy) is 1. The molecule has 0 bridgehead atoms. The van der Waals surface area contributed by atoms with E-state index in [1.807, 2.05) is 13.8 Å². The predicted octanol–water partition coefficient (Wildman–Crippen LogP) is 1.73. The molecule has 0 spiro atoms. The van der Waals surface area contributed by atoms with Crippen LogP contribution in [0.15, 0.2) is 18.2 Å². The van der Waals surface area contributed by atoms with Gasteiger partial charge in [-0.15, -0.1) is 0 Å². The molecule has 6 heteroatoms. The monoisotopic (exact) mass is 284 g/mol. The first-order chi connectivity index (χ1) is 8.93. The number of primary amides is 1. The molecule has 0 aliphatic carbocycles. The second-order valence-corrected chi connectivity index (χ2v) is 4.61. The maximum absolute atomic E-state index is 11.6. The van der Waals surface area contributed by atoms with Gasteiger partial charge in [-0.25, -0.2) is 0 Å². The molecule has 0 aliphatic rings. The van der Waals surface area contributed by atoms with Crippen LogP contribution < -0.4 is 15.8 Å². The van der Waals surface area contributed by atoms with E-state index in [1.54, 1.807) is 6.07 Å². The summed E-state index contributed by atoms with van der Waals surface area (Å²) in [6.45, 7) is 3.69. The number of carbonyl (C=O) groups excluding carboxylic acids is 2. The zero-order chi connectivity index (χ0) is 14.4. The second-order valence-electron chi connectivity index (χ2n) is 4.17. The van der Waals surface area contributed by atoms with Gasteiger partial charge >= 0.3 is 0 Å². The Bertz CT molecular complexity index is 477. The molecule has 1 atom stereocenters. The zero-order valence-electron chi connectivity index (χ0n) is 10.9. The van der Waals surface area contributed by atoms with E-state index in [1.165, 1.54) is 12.1 Å². The van der Waals surface area contributed by atoms with E-state index in [9.17, 15) is 9.59 Å². The van der Waals surface area contributed by atoms with Crippen LogP contribution in [0.3, 0.4) is 0 Å². The van der Waals surface area contributed by atoms with Gasteiger partial charge in [0.15, 0.2) is 6.61 Å². The van der Waals surface area contributed by atoms with Crippen molar-refractivity contribution in [3.8, 4) is 5.75 Å². The molecule has 1 unspecified atom stereocenters. The van der Waals surface area contributed by atoms with Crippen LogP contribution in [0.4, 0.5) is 0 Å². The second kappa shape index (κ2) is 6.99. The third-order valence-electron chi connectivity index (χ3n) is 2.59. The van der Waals surface area contributed by atoms with E-state index in [0.717, 1.165) is 6.42 Å². The average molecular weight is 285 g/mol. The SMILES string of the molecule is CCC(C)NC(=O)COc1ccc(Cl)cc1C(N)=O. The summed E-state index contributed by atoms with van der Waals surface area (Å²) in [5.74, 6) is -0.657. The Morgan fingerprint density at radius 3 is 2.74 bits per heavy atom. The summed E-state index contributed by atoms with van der Waals surface area (Å²) in [6.07, 6.45) is 0.833. The fourth-order valence-corrected chi connectivity index (χ4v) is 1.55. The summed E-state index contributed by atoms with van der Waals surface area (Å²) in [5.41, 5.74) is 5.37. The molecular weight excluding hydrogens is 268 g/mol. The normalized spacial score (nSPS) is 11.7. The lowest BCUT2D eigenvalue weighted by molar-refractivity contribution is -0.123. The summed E-state index contributed by atoms with van der Waals surface area (Å²) in [7, 11) is 0. The summed E-state index contributed by atoms with van der Waals surface area (Å²) in [5, 5.41) is 3.13. The Morgan fingerprint density at radius 1 is 1.47 bits per heavy atom. The number of benzene rings is 1. The van der Waals surface area contributed by atoms with Crippen LogP contribution in [-0.4, -0.2) is 24.5 Å². The molecule has 0 heterocycles. The number of carbonyl (C=O) groups is 2. The van der Waals surface area contributed by atoms with Gasteiger partial charge in [0.05, 0.1) is 5.56 Å². The minimum atomic E-state index is -0.653. The molecule has 0 fully saturated rings. The smallest absolute Gasteiger partial charge is 0.258 e. The van der Waals surface area contributed by atoms with Gasteiger partial charge in [0, 0.05) is 11.1 Å². The maximum Gasteiger partial charge on any atom is 0.258 e. The Morgan fingerprint density at radius 2 is 2.16 bits per heavy atom. The summed E-state index contributed by atoms with van der Waals surface area (Å²) in [6, 6.07) is 4.57. The molecule has 0 saturated heterocycles. The molecule has 0 aliphatic heterocycles. The highest BCUT2D eigenvalue weighted by Crippen LogP contribution is 2.22. The van der Waals surface area contributed by atoms with Crippen molar-refractivity contribution in [2.45, 2.75) is 26.3 Å². The predicted molar refractivity (Wildman–Crippen MR) is 73.4 cm³/mol. The lowest BCUT2D eigenvalue weighted by Gasteiger charge is -2.13. The molecule has 3 N–H and O–H groups in total. The molecule has 2 amide bonds. The lowest BCUT2D eigenvalue weighted by Crippen LogP contribution is -2.35. The fourth-order valence-electron chi connectivity index (χ4n) is 1.38. The average Bonchev–Trinajstić information content (AvgIpc) is 2.36. The molecule has 19 heavy (non-hydrogen) atoms. The molecule has 0 saturated carbocycles. The van der Waals surface area contributed by atoms with Crippen LogP contribution in [0.2, 0.25) is 5.02 Å². The number of hydrogen-bond donors (Lipinski definition) is 2. The zero-order valence-corrected chi connectivity index (χ0v) is 11.7. The van der Waals surface area contributed by atoms with E-state index in [2.05, 4.69) is 5.32 Å². The van der Waals surface area contributed by atoms with Crippen molar-refractivity contribution in [1.82, 2.24) is 5.32 Å². The molecule has 1 aromatic carbocycles. The number of nitrogens with one attached hydrogen (secondary N) is 1. The number of hydrogen-bond acceptors (Lipinski definition) is 3. The number of amides is 2. The molecule has 0 aromatic heterocycles. The summed E-state index contributed by atoms with van der Waals surface area (Å²) < 4.78 is 5.29. The van der Waals surface area contributed by atoms with Crippen molar-refractivity contribution >= 4 is 23.4 Å². The van der Waals surface area contributed by atoms with Gasteiger partial charge < -0.3 is 15.8 Å². The van der Waals surface area contributed by atoms with Crippen LogP contribution in [0.1, 0.15) is 30.6 Å². The van der Waals surface area contributed by atoms with Crippen molar-refractivity contribution in [3.63, 3.8) is 0 Å². The van der Waals surface area contributed by atoms with Gasteiger partial charge in [0.25, 0.3) is 11.8 Å². The van der Waals surface area contributed by atoms with Gasteiger partial charge in [-0.05, 0) is 31.5 Å². The minimum Gasteiger partial charge on any atom is -0.483 e. The van der Waals surface area contributed by atoms with Gasteiger partial charge in [0.1, 0.15) is 5.75 Å². The van der Waals surface area contributed by atoms with E-state index >= 15 is 0 Å². The summed E-state index contributed by atoms with van der Waals surface area (Å²) in [4.78, 5) is 22.8. The van der Waals surface area contributed by atoms with Gasteiger partial charge in [0.2, 0.25) is 0 Å². The van der Waals surface area contributed by atoms with E-state index in [4.69, 9.17) is 22.1 Å². The quantitative estimate of drug-likeness (QED) is 0.835. The fraction of sp³-hybridized carbons (Fsp3) is 0.385. The highest BCUT2D eigenvalue weighted by atomic mass is 35.5. The number of halogens is 1. The largest absolute Gasteiger partial charge is 0.483 e. The molecule has 1 rings (SSSR count). The van der Waals surface area contributed by atoms with Crippen LogP contribution in [0, 0.1) is 0 Å². The van der Waals surface area contributed by atoms with Crippen molar-refractivity contribution in [2.75, 3.05) is 6.61 Å². The van der Waals surface area contributed by atoms with Crippen molar-refractivity contribution < 1.29 is 14.3 Å².